The van der Waals surface area contributed by atoms with E-state index in [1.54, 1.807) is 24.1 Å². The number of ether oxygens (including phenoxy) is 1. The summed E-state index contributed by atoms with van der Waals surface area (Å²) in [5.41, 5.74) is 0.533. The Morgan fingerprint density at radius 1 is 1.50 bits per heavy atom. The van der Waals surface area contributed by atoms with Crippen molar-refractivity contribution in [3.05, 3.63) is 22.8 Å². The third-order valence-electron chi connectivity index (χ3n) is 2.94. The zero-order chi connectivity index (χ0) is 15.1. The molecule has 0 aliphatic carbocycles. The largest absolute Gasteiger partial charge is 0.383 e. The number of hydrogen-bond donors (Lipinski definition) is 1. The number of carbonyl (C=O) groups is 1. The van der Waals surface area contributed by atoms with E-state index in [-0.39, 0.29) is 11.9 Å². The average Bonchev–Trinajstić information content (AvgIpc) is 2.39. The van der Waals surface area contributed by atoms with Crippen LogP contribution in [0.25, 0.3) is 0 Å². The molecule has 1 amide bonds. The van der Waals surface area contributed by atoms with Gasteiger partial charge in [-0.25, -0.2) is 4.98 Å². The minimum Gasteiger partial charge on any atom is -0.383 e. The number of carbonyl (C=O) groups excluding carboxylic acids is 1. The predicted molar refractivity (Wildman–Crippen MR) is 81.5 cm³/mol. The van der Waals surface area contributed by atoms with Crippen LogP contribution in [0.5, 0.6) is 0 Å². The SMILES string of the molecule is CCNc1cc(C(=O)N(CC)C(C)COC)cc(Cl)n1. The van der Waals surface area contributed by atoms with Crippen LogP contribution in [0.4, 0.5) is 5.82 Å². The highest BCUT2D eigenvalue weighted by molar-refractivity contribution is 6.29. The van der Waals surface area contributed by atoms with Gasteiger partial charge in [-0.2, -0.15) is 0 Å². The van der Waals surface area contributed by atoms with E-state index >= 15 is 0 Å². The van der Waals surface area contributed by atoms with Crippen molar-refractivity contribution >= 4 is 23.3 Å². The summed E-state index contributed by atoms with van der Waals surface area (Å²) in [6.07, 6.45) is 0. The van der Waals surface area contributed by atoms with Gasteiger partial charge in [0.15, 0.2) is 0 Å². The lowest BCUT2D eigenvalue weighted by Gasteiger charge is -2.27. The van der Waals surface area contributed by atoms with Crippen molar-refractivity contribution < 1.29 is 9.53 Å². The molecule has 0 saturated carbocycles. The summed E-state index contributed by atoms with van der Waals surface area (Å²) < 4.78 is 5.11. The van der Waals surface area contributed by atoms with E-state index in [2.05, 4.69) is 10.3 Å². The van der Waals surface area contributed by atoms with Crippen molar-refractivity contribution in [2.24, 2.45) is 0 Å². The van der Waals surface area contributed by atoms with Gasteiger partial charge in [0.1, 0.15) is 11.0 Å². The molecular formula is C14H22ClN3O2. The number of methoxy groups -OCH3 is 1. The molecule has 112 valence electrons. The van der Waals surface area contributed by atoms with E-state index in [1.165, 1.54) is 0 Å². The fourth-order valence-corrected chi connectivity index (χ4v) is 2.25. The first kappa shape index (κ1) is 16.7. The van der Waals surface area contributed by atoms with Crippen LogP contribution >= 0.6 is 11.6 Å². The van der Waals surface area contributed by atoms with E-state index in [0.29, 0.717) is 29.7 Å². The van der Waals surface area contributed by atoms with Crippen molar-refractivity contribution in [2.45, 2.75) is 26.8 Å². The number of halogens is 1. The molecule has 1 atom stereocenters. The Labute approximate surface area is 125 Å². The Balaban J connectivity index is 2.99. The first-order chi connectivity index (χ1) is 9.53. The summed E-state index contributed by atoms with van der Waals surface area (Å²) in [5, 5.41) is 3.37. The molecule has 1 heterocycles. The third kappa shape index (κ3) is 4.35. The lowest BCUT2D eigenvalue weighted by molar-refractivity contribution is 0.0579. The molecule has 0 aliphatic heterocycles. The second-order valence-corrected chi connectivity index (χ2v) is 4.88. The topological polar surface area (TPSA) is 54.5 Å². The average molecular weight is 300 g/mol. The summed E-state index contributed by atoms with van der Waals surface area (Å²) in [7, 11) is 1.63. The molecule has 0 fully saturated rings. The fraction of sp³-hybridized carbons (Fsp3) is 0.571. The minimum atomic E-state index is -0.0690. The highest BCUT2D eigenvalue weighted by Gasteiger charge is 2.21. The molecule has 0 bridgehead atoms. The van der Waals surface area contributed by atoms with Crippen molar-refractivity contribution in [1.29, 1.82) is 0 Å². The van der Waals surface area contributed by atoms with Gasteiger partial charge in [0.25, 0.3) is 5.91 Å². The summed E-state index contributed by atoms with van der Waals surface area (Å²) >= 11 is 5.97. The number of hydrogen-bond acceptors (Lipinski definition) is 4. The van der Waals surface area contributed by atoms with Crippen LogP contribution in [-0.4, -0.2) is 48.6 Å². The molecule has 20 heavy (non-hydrogen) atoms. The monoisotopic (exact) mass is 299 g/mol. The Morgan fingerprint density at radius 3 is 2.75 bits per heavy atom. The second-order valence-electron chi connectivity index (χ2n) is 4.49. The molecule has 1 aromatic rings. The highest BCUT2D eigenvalue weighted by Crippen LogP contribution is 2.17. The van der Waals surface area contributed by atoms with Gasteiger partial charge in [0.2, 0.25) is 0 Å². The third-order valence-corrected chi connectivity index (χ3v) is 3.13. The van der Waals surface area contributed by atoms with Gasteiger partial charge in [-0.15, -0.1) is 0 Å². The van der Waals surface area contributed by atoms with Crippen molar-refractivity contribution in [3.63, 3.8) is 0 Å². The minimum absolute atomic E-state index is 0.00650. The molecule has 0 radical (unpaired) electrons. The maximum atomic E-state index is 12.6. The number of likely N-dealkylation sites (N-methyl/N-ethyl adjacent to an activating group) is 1. The fourth-order valence-electron chi connectivity index (χ4n) is 2.04. The number of amides is 1. The van der Waals surface area contributed by atoms with Crippen molar-refractivity contribution in [2.75, 3.05) is 32.1 Å². The molecule has 1 rings (SSSR count). The quantitative estimate of drug-likeness (QED) is 0.787. The van der Waals surface area contributed by atoms with Crippen molar-refractivity contribution in [3.8, 4) is 0 Å². The summed E-state index contributed by atoms with van der Waals surface area (Å²) in [6.45, 7) is 7.69. The van der Waals surface area contributed by atoms with E-state index in [0.717, 1.165) is 6.54 Å². The normalized spacial score (nSPS) is 12.1. The van der Waals surface area contributed by atoms with Gasteiger partial charge in [-0.05, 0) is 32.9 Å². The van der Waals surface area contributed by atoms with Crippen LogP contribution < -0.4 is 5.32 Å². The van der Waals surface area contributed by atoms with E-state index < -0.39 is 0 Å². The highest BCUT2D eigenvalue weighted by atomic mass is 35.5. The molecule has 0 spiro atoms. The van der Waals surface area contributed by atoms with Crippen LogP contribution in [0, 0.1) is 0 Å². The van der Waals surface area contributed by atoms with Gasteiger partial charge in [0.05, 0.1) is 12.6 Å². The van der Waals surface area contributed by atoms with Crippen LogP contribution in [0.3, 0.4) is 0 Å². The standard InChI is InChI=1S/C14H22ClN3O2/c1-5-16-13-8-11(7-12(15)17-13)14(19)18(6-2)10(3)9-20-4/h7-8,10H,5-6,9H2,1-4H3,(H,16,17). The summed E-state index contributed by atoms with van der Waals surface area (Å²) in [6, 6.07) is 3.32. The van der Waals surface area contributed by atoms with Crippen molar-refractivity contribution in [1.82, 2.24) is 9.88 Å². The number of aromatic nitrogens is 1. The molecular weight excluding hydrogens is 278 g/mol. The van der Waals surface area contributed by atoms with Gasteiger partial charge in [0, 0.05) is 25.8 Å². The Kier molecular flexibility index (Phi) is 6.75. The van der Waals surface area contributed by atoms with Gasteiger partial charge >= 0.3 is 0 Å². The molecule has 0 aliphatic rings. The number of nitrogens with one attached hydrogen (secondary N) is 1. The molecule has 5 nitrogen and oxygen atoms in total. The molecule has 1 unspecified atom stereocenters. The van der Waals surface area contributed by atoms with Gasteiger partial charge < -0.3 is 15.0 Å². The maximum absolute atomic E-state index is 12.6. The smallest absolute Gasteiger partial charge is 0.254 e. The Bertz CT molecular complexity index is 454. The number of nitrogens with zero attached hydrogens (tertiary/aromatic N) is 2. The number of pyridine rings is 1. The van der Waals surface area contributed by atoms with Crippen LogP contribution in [-0.2, 0) is 4.74 Å². The molecule has 1 aromatic heterocycles. The lowest BCUT2D eigenvalue weighted by Crippen LogP contribution is -2.41. The van der Waals surface area contributed by atoms with E-state index in [1.807, 2.05) is 20.8 Å². The number of anilines is 1. The molecule has 6 heteroatoms. The first-order valence-corrected chi connectivity index (χ1v) is 7.12. The van der Waals surface area contributed by atoms with Crippen LogP contribution in [0.15, 0.2) is 12.1 Å². The van der Waals surface area contributed by atoms with E-state index in [4.69, 9.17) is 16.3 Å². The number of rotatable bonds is 7. The van der Waals surface area contributed by atoms with Crippen LogP contribution in [0.1, 0.15) is 31.1 Å². The second kappa shape index (κ2) is 8.07. The Morgan fingerprint density at radius 2 is 2.20 bits per heavy atom. The molecule has 0 saturated heterocycles. The predicted octanol–water partition coefficient (Wildman–Crippen LogP) is 2.66. The van der Waals surface area contributed by atoms with Crippen LogP contribution in [0.2, 0.25) is 5.15 Å². The van der Waals surface area contributed by atoms with Gasteiger partial charge in [-0.1, -0.05) is 11.6 Å². The first-order valence-electron chi connectivity index (χ1n) is 6.74. The van der Waals surface area contributed by atoms with E-state index in [9.17, 15) is 4.79 Å². The maximum Gasteiger partial charge on any atom is 0.254 e. The summed E-state index contributed by atoms with van der Waals surface area (Å²) in [5.74, 6) is 0.541. The lowest BCUT2D eigenvalue weighted by atomic mass is 10.2. The summed E-state index contributed by atoms with van der Waals surface area (Å²) in [4.78, 5) is 18.4. The zero-order valence-electron chi connectivity index (χ0n) is 12.4. The molecule has 0 aromatic carbocycles. The Hall–Kier alpha value is -1.33. The molecule has 1 N–H and O–H groups in total. The van der Waals surface area contributed by atoms with Gasteiger partial charge in [-0.3, -0.25) is 4.79 Å². The zero-order valence-corrected chi connectivity index (χ0v) is 13.2.